The number of rotatable bonds is 6. The first-order valence-corrected chi connectivity index (χ1v) is 9.13. The van der Waals surface area contributed by atoms with Crippen LogP contribution in [-0.2, 0) is 11.3 Å². The minimum Gasteiger partial charge on any atom is -0.465 e. The van der Waals surface area contributed by atoms with E-state index < -0.39 is 5.97 Å². The van der Waals surface area contributed by atoms with Gasteiger partial charge >= 0.3 is 5.97 Å². The standard InChI is InChI=1S/C22H21N3O5/c1-14-19(22(28)29-3)11-18(30-14)13-25(2)21(27)15-6-4-8-17(10-15)24-20(26)16-7-5-9-23-12-16/h4-12H,13H2,1-3H3,(H,24,26). The average Bonchev–Trinajstić information content (AvgIpc) is 3.13. The number of benzene rings is 1. The maximum absolute atomic E-state index is 12.8. The number of ether oxygens (including phenoxy) is 1. The number of nitrogens with zero attached hydrogens (tertiary/aromatic N) is 2. The van der Waals surface area contributed by atoms with Crippen molar-refractivity contribution in [3.8, 4) is 0 Å². The van der Waals surface area contributed by atoms with Crippen LogP contribution in [0.25, 0.3) is 0 Å². The zero-order chi connectivity index (χ0) is 21.7. The van der Waals surface area contributed by atoms with Crippen molar-refractivity contribution in [1.82, 2.24) is 9.88 Å². The summed E-state index contributed by atoms with van der Waals surface area (Å²) in [7, 11) is 2.92. The molecule has 2 aromatic heterocycles. The highest BCUT2D eigenvalue weighted by Gasteiger charge is 2.19. The molecular formula is C22H21N3O5. The predicted molar refractivity (Wildman–Crippen MR) is 109 cm³/mol. The van der Waals surface area contributed by atoms with E-state index in [1.165, 1.54) is 18.2 Å². The molecule has 154 valence electrons. The minimum atomic E-state index is -0.492. The Balaban J connectivity index is 1.70. The number of hydrogen-bond acceptors (Lipinski definition) is 6. The Hall–Kier alpha value is -3.94. The lowest BCUT2D eigenvalue weighted by molar-refractivity contribution is 0.0598. The van der Waals surface area contributed by atoms with Gasteiger partial charge in [-0.1, -0.05) is 6.07 Å². The summed E-state index contributed by atoms with van der Waals surface area (Å²) in [6.07, 6.45) is 3.05. The Morgan fingerprint density at radius 2 is 1.90 bits per heavy atom. The fourth-order valence-electron chi connectivity index (χ4n) is 2.89. The Kier molecular flexibility index (Phi) is 6.26. The Labute approximate surface area is 173 Å². The number of carbonyl (C=O) groups is 3. The molecule has 30 heavy (non-hydrogen) atoms. The van der Waals surface area contributed by atoms with E-state index >= 15 is 0 Å². The summed E-state index contributed by atoms with van der Waals surface area (Å²) in [5.41, 5.74) is 1.64. The summed E-state index contributed by atoms with van der Waals surface area (Å²) in [6.45, 7) is 1.83. The van der Waals surface area contributed by atoms with E-state index in [9.17, 15) is 14.4 Å². The summed E-state index contributed by atoms with van der Waals surface area (Å²) in [4.78, 5) is 42.2. The number of methoxy groups -OCH3 is 1. The number of amides is 2. The second kappa shape index (κ2) is 9.04. The fraction of sp³-hybridized carbons (Fsp3) is 0.182. The number of esters is 1. The first kappa shape index (κ1) is 20.8. The van der Waals surface area contributed by atoms with E-state index in [4.69, 9.17) is 9.15 Å². The molecule has 2 heterocycles. The van der Waals surface area contributed by atoms with Crippen molar-refractivity contribution in [3.63, 3.8) is 0 Å². The van der Waals surface area contributed by atoms with Gasteiger partial charge in [0.15, 0.2) is 0 Å². The Bertz CT molecular complexity index is 1080. The largest absolute Gasteiger partial charge is 0.465 e. The maximum Gasteiger partial charge on any atom is 0.341 e. The van der Waals surface area contributed by atoms with Crippen molar-refractivity contribution in [3.05, 3.63) is 83.1 Å². The van der Waals surface area contributed by atoms with Gasteiger partial charge in [0, 0.05) is 30.7 Å². The van der Waals surface area contributed by atoms with Crippen LogP contribution in [-0.4, -0.2) is 41.8 Å². The summed E-state index contributed by atoms with van der Waals surface area (Å²) in [5, 5.41) is 2.75. The van der Waals surface area contributed by atoms with Gasteiger partial charge in [0.2, 0.25) is 0 Å². The molecule has 2 amide bonds. The zero-order valence-electron chi connectivity index (χ0n) is 16.8. The van der Waals surface area contributed by atoms with Crippen molar-refractivity contribution in [2.75, 3.05) is 19.5 Å². The third-order valence-corrected chi connectivity index (χ3v) is 4.40. The molecule has 8 nitrogen and oxygen atoms in total. The molecule has 3 rings (SSSR count). The van der Waals surface area contributed by atoms with Crippen LogP contribution in [0.15, 0.2) is 59.3 Å². The molecule has 0 atom stereocenters. The molecule has 0 spiro atoms. The number of anilines is 1. The van der Waals surface area contributed by atoms with Crippen LogP contribution in [0, 0.1) is 6.92 Å². The minimum absolute atomic E-state index is 0.170. The molecule has 0 unspecified atom stereocenters. The lowest BCUT2D eigenvalue weighted by Gasteiger charge is -2.16. The van der Waals surface area contributed by atoms with E-state index in [1.54, 1.807) is 62.6 Å². The van der Waals surface area contributed by atoms with Crippen LogP contribution in [0.1, 0.15) is 42.6 Å². The first-order valence-electron chi connectivity index (χ1n) is 9.13. The highest BCUT2D eigenvalue weighted by atomic mass is 16.5. The van der Waals surface area contributed by atoms with Crippen molar-refractivity contribution >= 4 is 23.5 Å². The van der Waals surface area contributed by atoms with E-state index in [1.807, 2.05) is 0 Å². The van der Waals surface area contributed by atoms with Crippen molar-refractivity contribution in [2.45, 2.75) is 13.5 Å². The molecule has 8 heteroatoms. The smallest absolute Gasteiger partial charge is 0.341 e. The number of furan rings is 1. The Morgan fingerprint density at radius 1 is 1.13 bits per heavy atom. The number of aromatic nitrogens is 1. The molecule has 0 aliphatic carbocycles. The monoisotopic (exact) mass is 407 g/mol. The molecule has 0 aliphatic heterocycles. The van der Waals surface area contributed by atoms with E-state index in [2.05, 4.69) is 10.3 Å². The van der Waals surface area contributed by atoms with Crippen molar-refractivity contribution < 1.29 is 23.5 Å². The molecule has 1 N–H and O–H groups in total. The summed E-state index contributed by atoms with van der Waals surface area (Å²) in [6, 6.07) is 11.5. The highest BCUT2D eigenvalue weighted by molar-refractivity contribution is 6.04. The number of nitrogens with one attached hydrogen (secondary N) is 1. The van der Waals surface area contributed by atoms with Gasteiger partial charge in [-0.15, -0.1) is 0 Å². The summed E-state index contributed by atoms with van der Waals surface area (Å²) in [5.74, 6) is -0.181. The van der Waals surface area contributed by atoms with E-state index in [-0.39, 0.29) is 18.4 Å². The first-order chi connectivity index (χ1) is 14.4. The predicted octanol–water partition coefficient (Wildman–Crippen LogP) is 3.29. The third kappa shape index (κ3) is 4.72. The molecule has 0 saturated heterocycles. The quantitative estimate of drug-likeness (QED) is 0.629. The van der Waals surface area contributed by atoms with E-state index in [0.717, 1.165) is 0 Å². The molecule has 3 aromatic rings. The van der Waals surface area contributed by atoms with Crippen molar-refractivity contribution in [2.24, 2.45) is 0 Å². The summed E-state index contributed by atoms with van der Waals surface area (Å²) < 4.78 is 10.3. The van der Waals surface area contributed by atoms with Crippen LogP contribution in [0.2, 0.25) is 0 Å². The second-order valence-corrected chi connectivity index (χ2v) is 6.61. The van der Waals surface area contributed by atoms with Gasteiger partial charge in [-0.05, 0) is 43.3 Å². The highest BCUT2D eigenvalue weighted by Crippen LogP contribution is 2.19. The molecule has 0 aliphatic rings. The van der Waals surface area contributed by atoms with Gasteiger partial charge in [-0.2, -0.15) is 0 Å². The van der Waals surface area contributed by atoms with Crippen LogP contribution < -0.4 is 5.32 Å². The second-order valence-electron chi connectivity index (χ2n) is 6.61. The molecular weight excluding hydrogens is 386 g/mol. The van der Waals surface area contributed by atoms with E-state index in [0.29, 0.717) is 33.9 Å². The van der Waals surface area contributed by atoms with Gasteiger partial charge in [0.1, 0.15) is 17.1 Å². The van der Waals surface area contributed by atoms with Gasteiger partial charge in [0.25, 0.3) is 11.8 Å². The topological polar surface area (TPSA) is 102 Å². The molecule has 0 radical (unpaired) electrons. The van der Waals surface area contributed by atoms with Crippen molar-refractivity contribution in [1.29, 1.82) is 0 Å². The Morgan fingerprint density at radius 3 is 2.60 bits per heavy atom. The molecule has 0 bridgehead atoms. The van der Waals surface area contributed by atoms with Crippen LogP contribution in [0.5, 0.6) is 0 Å². The molecule has 0 fully saturated rings. The maximum atomic E-state index is 12.8. The third-order valence-electron chi connectivity index (χ3n) is 4.40. The van der Waals surface area contributed by atoms with Crippen LogP contribution >= 0.6 is 0 Å². The fourth-order valence-corrected chi connectivity index (χ4v) is 2.89. The number of pyridine rings is 1. The van der Waals surface area contributed by atoms with Crippen LogP contribution in [0.4, 0.5) is 5.69 Å². The number of aryl methyl sites for hydroxylation is 1. The van der Waals surface area contributed by atoms with Gasteiger partial charge in [0.05, 0.1) is 19.2 Å². The SMILES string of the molecule is COC(=O)c1cc(CN(C)C(=O)c2cccc(NC(=O)c3cccnc3)c2)oc1C. The van der Waals surface area contributed by atoms with Gasteiger partial charge in [-0.25, -0.2) is 4.79 Å². The number of hydrogen-bond donors (Lipinski definition) is 1. The summed E-state index contributed by atoms with van der Waals surface area (Å²) >= 11 is 0. The zero-order valence-corrected chi connectivity index (χ0v) is 16.8. The average molecular weight is 407 g/mol. The van der Waals surface area contributed by atoms with Gasteiger partial charge in [-0.3, -0.25) is 14.6 Å². The number of carbonyl (C=O) groups excluding carboxylic acids is 3. The molecule has 0 saturated carbocycles. The normalized spacial score (nSPS) is 10.4. The lowest BCUT2D eigenvalue weighted by atomic mass is 10.1. The lowest BCUT2D eigenvalue weighted by Crippen LogP contribution is -2.26. The van der Waals surface area contributed by atoms with Crippen LogP contribution in [0.3, 0.4) is 0 Å². The molecule has 1 aromatic carbocycles. The van der Waals surface area contributed by atoms with Gasteiger partial charge < -0.3 is 19.4 Å².